The van der Waals surface area contributed by atoms with Crippen molar-refractivity contribution in [2.24, 2.45) is 5.92 Å². The van der Waals surface area contributed by atoms with Crippen LogP contribution in [0, 0.1) is 11.7 Å². The van der Waals surface area contributed by atoms with E-state index in [0.717, 1.165) is 76.5 Å². The molecule has 236 valence electrons. The fourth-order valence-corrected chi connectivity index (χ4v) is 6.54. The van der Waals surface area contributed by atoms with Crippen LogP contribution in [0.25, 0.3) is 32.9 Å². The number of aliphatic hydroxyl groups is 2. The highest BCUT2D eigenvalue weighted by atomic mass is 19.1. The van der Waals surface area contributed by atoms with Crippen LogP contribution in [0.4, 0.5) is 15.9 Å². The molecule has 0 aliphatic carbocycles. The Morgan fingerprint density at radius 3 is 2.70 bits per heavy atom. The number of fused-ring (bicyclic) bond motifs is 2. The number of rotatable bonds is 11. The number of halogens is 1. The first-order valence-corrected chi connectivity index (χ1v) is 15.9. The lowest BCUT2D eigenvalue weighted by molar-refractivity contribution is 0.0745. The molecule has 1 aliphatic rings. The van der Waals surface area contributed by atoms with Crippen LogP contribution in [-0.2, 0) is 13.1 Å². The van der Waals surface area contributed by atoms with Gasteiger partial charge in [-0.1, -0.05) is 18.2 Å². The molecule has 0 saturated carbocycles. The highest BCUT2D eigenvalue weighted by Gasteiger charge is 2.21. The molecule has 46 heavy (non-hydrogen) atoms. The van der Waals surface area contributed by atoms with E-state index in [1.54, 1.807) is 12.4 Å². The largest absolute Gasteiger partial charge is 0.396 e. The average Bonchev–Trinajstić information content (AvgIpc) is 3.69. The Morgan fingerprint density at radius 2 is 1.85 bits per heavy atom. The van der Waals surface area contributed by atoms with E-state index in [-0.39, 0.29) is 12.4 Å². The molecule has 1 aliphatic heterocycles. The van der Waals surface area contributed by atoms with Gasteiger partial charge in [0.15, 0.2) is 0 Å². The minimum absolute atomic E-state index is 0.255. The Morgan fingerprint density at radius 1 is 0.957 bits per heavy atom. The normalized spacial score (nSPS) is 15.1. The van der Waals surface area contributed by atoms with Crippen LogP contribution in [0.15, 0.2) is 91.6 Å². The zero-order valence-electron chi connectivity index (χ0n) is 25.6. The maximum absolute atomic E-state index is 13.7. The monoisotopic (exact) mass is 619 g/mol. The number of aromatic nitrogens is 5. The van der Waals surface area contributed by atoms with Gasteiger partial charge in [-0.3, -0.25) is 4.68 Å². The lowest BCUT2D eigenvalue weighted by Gasteiger charge is -2.33. The van der Waals surface area contributed by atoms with Crippen LogP contribution in [0.1, 0.15) is 24.8 Å². The van der Waals surface area contributed by atoms with Gasteiger partial charge in [0.1, 0.15) is 18.0 Å². The Labute approximate surface area is 267 Å². The van der Waals surface area contributed by atoms with Crippen molar-refractivity contribution in [2.45, 2.75) is 38.5 Å². The van der Waals surface area contributed by atoms with Gasteiger partial charge in [-0.05, 0) is 103 Å². The third kappa shape index (κ3) is 6.79. The molecule has 4 heterocycles. The molecule has 1 fully saturated rings. The summed E-state index contributed by atoms with van der Waals surface area (Å²) in [6, 6.07) is 20.8. The second-order valence-corrected chi connectivity index (χ2v) is 12.3. The average molecular weight is 620 g/mol. The SMILES string of the molecule is OCCC1CCN(CC(O)Cn2ccc(-c3ccc4ncnc(Nc5ccc6c(cnn6Cc6cccc(F)c6)c5)c4c3)c2)CC1. The summed E-state index contributed by atoms with van der Waals surface area (Å²) in [6.07, 6.45) is 10.1. The highest BCUT2D eigenvalue weighted by molar-refractivity contribution is 5.94. The van der Waals surface area contributed by atoms with Crippen molar-refractivity contribution in [2.75, 3.05) is 31.6 Å². The molecule has 0 radical (unpaired) electrons. The minimum Gasteiger partial charge on any atom is -0.396 e. The summed E-state index contributed by atoms with van der Waals surface area (Å²) in [7, 11) is 0. The molecule has 0 spiro atoms. The van der Waals surface area contributed by atoms with Gasteiger partial charge in [0.2, 0.25) is 0 Å². The third-order valence-electron chi connectivity index (χ3n) is 8.98. The summed E-state index contributed by atoms with van der Waals surface area (Å²) >= 11 is 0. The van der Waals surface area contributed by atoms with E-state index < -0.39 is 6.10 Å². The third-order valence-corrected chi connectivity index (χ3v) is 8.98. The summed E-state index contributed by atoms with van der Waals surface area (Å²) < 4.78 is 17.6. The van der Waals surface area contributed by atoms with Crippen molar-refractivity contribution in [3.8, 4) is 11.1 Å². The number of nitrogens with one attached hydrogen (secondary N) is 1. The second-order valence-electron chi connectivity index (χ2n) is 12.3. The number of aliphatic hydroxyl groups excluding tert-OH is 2. The van der Waals surface area contributed by atoms with Gasteiger partial charge >= 0.3 is 0 Å². The van der Waals surface area contributed by atoms with Crippen molar-refractivity contribution in [1.82, 2.24) is 29.2 Å². The summed E-state index contributed by atoms with van der Waals surface area (Å²) in [5.74, 6) is 1.05. The second kappa shape index (κ2) is 13.4. The quantitative estimate of drug-likeness (QED) is 0.168. The Bertz CT molecular complexity index is 1950. The number of nitrogens with zero attached hydrogens (tertiary/aromatic N) is 6. The molecule has 1 atom stereocenters. The number of benzene rings is 3. The lowest BCUT2D eigenvalue weighted by Crippen LogP contribution is -2.40. The van der Waals surface area contributed by atoms with E-state index in [4.69, 9.17) is 0 Å². The fourth-order valence-electron chi connectivity index (χ4n) is 6.54. The van der Waals surface area contributed by atoms with Gasteiger partial charge in [-0.15, -0.1) is 0 Å². The molecular weight excluding hydrogens is 581 g/mol. The maximum atomic E-state index is 13.7. The number of hydrogen-bond acceptors (Lipinski definition) is 7. The van der Waals surface area contributed by atoms with E-state index in [9.17, 15) is 14.6 Å². The predicted molar refractivity (Wildman–Crippen MR) is 178 cm³/mol. The van der Waals surface area contributed by atoms with Crippen molar-refractivity contribution < 1.29 is 14.6 Å². The first kappa shape index (κ1) is 30.0. The van der Waals surface area contributed by atoms with Gasteiger partial charge < -0.3 is 25.0 Å². The van der Waals surface area contributed by atoms with Crippen molar-refractivity contribution in [1.29, 1.82) is 0 Å². The standard InChI is InChI=1S/C36H38FN7O2/c37-30-3-1-2-26(16-30)20-44-35-7-5-31(17-29(35)19-40-44)41-36-33-18-27(4-6-34(33)38-24-39-36)28-10-14-43(21-28)23-32(46)22-42-12-8-25(9-13-42)11-15-45/h1-7,10,14,16-19,21,24-25,32,45-46H,8-9,11-13,15,20,22-23H2,(H,38,39,41). The molecular formula is C36H38FN7O2. The van der Waals surface area contributed by atoms with E-state index in [1.807, 2.05) is 52.0 Å². The smallest absolute Gasteiger partial charge is 0.141 e. The topological polar surface area (TPSA) is 104 Å². The molecule has 0 amide bonds. The lowest BCUT2D eigenvalue weighted by atomic mass is 9.94. The Hall–Kier alpha value is -4.64. The van der Waals surface area contributed by atoms with Gasteiger partial charge in [-0.25, -0.2) is 14.4 Å². The molecule has 3 aromatic carbocycles. The molecule has 3 N–H and O–H groups in total. The van der Waals surface area contributed by atoms with Crippen LogP contribution in [0.2, 0.25) is 0 Å². The highest BCUT2D eigenvalue weighted by Crippen LogP contribution is 2.30. The molecule has 6 aromatic rings. The number of piperidine rings is 1. The molecule has 3 aromatic heterocycles. The molecule has 10 heteroatoms. The molecule has 1 unspecified atom stereocenters. The Balaban J connectivity index is 1.04. The fraction of sp³-hybridized carbons (Fsp3) is 0.306. The maximum Gasteiger partial charge on any atom is 0.141 e. The summed E-state index contributed by atoms with van der Waals surface area (Å²) in [4.78, 5) is 11.4. The van der Waals surface area contributed by atoms with Crippen molar-refractivity contribution >= 4 is 33.3 Å². The van der Waals surface area contributed by atoms with E-state index in [2.05, 4.69) is 49.7 Å². The number of anilines is 2. The molecule has 9 nitrogen and oxygen atoms in total. The zero-order valence-corrected chi connectivity index (χ0v) is 25.6. The van der Waals surface area contributed by atoms with Crippen LogP contribution in [-0.4, -0.2) is 71.8 Å². The van der Waals surface area contributed by atoms with Crippen molar-refractivity contribution in [3.63, 3.8) is 0 Å². The van der Waals surface area contributed by atoms with E-state index >= 15 is 0 Å². The predicted octanol–water partition coefficient (Wildman–Crippen LogP) is 5.83. The first-order valence-electron chi connectivity index (χ1n) is 15.9. The van der Waals surface area contributed by atoms with Gasteiger partial charge in [-0.2, -0.15) is 5.10 Å². The summed E-state index contributed by atoms with van der Waals surface area (Å²) in [5.41, 5.74) is 5.62. The summed E-state index contributed by atoms with van der Waals surface area (Å²) in [5, 5.41) is 29.9. The summed E-state index contributed by atoms with van der Waals surface area (Å²) in [6.45, 7) is 3.88. The number of likely N-dealkylation sites (tertiary alicyclic amines) is 1. The molecule has 0 bridgehead atoms. The van der Waals surface area contributed by atoms with Crippen LogP contribution < -0.4 is 5.32 Å². The van der Waals surface area contributed by atoms with Gasteiger partial charge in [0.05, 0.1) is 29.9 Å². The van der Waals surface area contributed by atoms with Crippen molar-refractivity contribution in [3.05, 3.63) is 103 Å². The van der Waals surface area contributed by atoms with E-state index in [0.29, 0.717) is 31.4 Å². The van der Waals surface area contributed by atoms with E-state index in [1.165, 1.54) is 12.1 Å². The number of β-amino-alcohol motifs (C(OH)–C–C–N with tert-alkyl or cyclic N) is 1. The van der Waals surface area contributed by atoms with Crippen LogP contribution >= 0.6 is 0 Å². The molecule has 7 rings (SSSR count). The minimum atomic E-state index is -0.457. The Kier molecular flexibility index (Phi) is 8.74. The molecule has 1 saturated heterocycles. The number of hydrogen-bond donors (Lipinski definition) is 3. The zero-order chi connectivity index (χ0) is 31.5. The van der Waals surface area contributed by atoms with Gasteiger partial charge in [0.25, 0.3) is 0 Å². The van der Waals surface area contributed by atoms with Crippen LogP contribution in [0.3, 0.4) is 0 Å². The first-order chi connectivity index (χ1) is 22.5. The van der Waals surface area contributed by atoms with Crippen LogP contribution in [0.5, 0.6) is 0 Å². The van der Waals surface area contributed by atoms with Gasteiger partial charge in [0, 0.05) is 48.5 Å².